The maximum Gasteiger partial charge on any atom is 0.274 e. The van der Waals surface area contributed by atoms with Crippen LogP contribution in [0.2, 0.25) is 0 Å². The summed E-state index contributed by atoms with van der Waals surface area (Å²) in [6, 6.07) is 5.54. The first kappa shape index (κ1) is 19.5. The van der Waals surface area contributed by atoms with Crippen LogP contribution in [-0.4, -0.2) is 43.9 Å². The number of alkyl halides is 2. The number of ether oxygens (including phenoxy) is 1. The zero-order valence-electron chi connectivity index (χ0n) is 12.8. The molecule has 0 radical (unpaired) electrons. The molecule has 1 aromatic rings. The number of hydrogen-bond donors (Lipinski definition) is 2. The summed E-state index contributed by atoms with van der Waals surface area (Å²) in [5.41, 5.74) is -1.60. The maximum absolute atomic E-state index is 14.2. The Hall–Kier alpha value is -1.52. The summed E-state index contributed by atoms with van der Waals surface area (Å²) in [5.74, 6) is -0.665. The predicted molar refractivity (Wildman–Crippen MR) is 85.7 cm³/mol. The molecule has 2 N–H and O–H groups in total. The van der Waals surface area contributed by atoms with E-state index in [4.69, 9.17) is 17.0 Å². The van der Waals surface area contributed by atoms with E-state index in [1.807, 2.05) is 0 Å². The van der Waals surface area contributed by atoms with Gasteiger partial charge in [-0.25, -0.2) is 13.2 Å². The summed E-state index contributed by atoms with van der Waals surface area (Å²) in [5, 5.41) is 19.3. The minimum Gasteiger partial charge on any atom is -0.384 e. The van der Waals surface area contributed by atoms with Crippen LogP contribution in [0.4, 0.5) is 13.2 Å². The molecule has 1 aromatic carbocycles. The Morgan fingerprint density at radius 1 is 1.43 bits per heavy atom. The molecule has 0 unspecified atom stereocenters. The Balaban J connectivity index is 3.41. The fourth-order valence-electron chi connectivity index (χ4n) is 2.36. The van der Waals surface area contributed by atoms with E-state index in [0.29, 0.717) is 0 Å². The number of rotatable bonds is 6. The normalized spacial score (nSPS) is 17.0. The highest BCUT2D eigenvalue weighted by Gasteiger charge is 2.45. The van der Waals surface area contributed by atoms with Crippen molar-refractivity contribution in [2.24, 2.45) is 10.1 Å². The van der Waals surface area contributed by atoms with Crippen molar-refractivity contribution in [1.29, 1.82) is 0 Å². The predicted octanol–water partition coefficient (Wildman–Crippen LogP) is 1.56. The van der Waals surface area contributed by atoms with Crippen molar-refractivity contribution in [3.05, 3.63) is 35.6 Å². The van der Waals surface area contributed by atoms with E-state index < -0.39 is 30.0 Å². The Bertz CT molecular complexity index is 579. The molecule has 23 heavy (non-hydrogen) atoms. The molecule has 0 bridgehead atoms. The molecule has 0 saturated heterocycles. The van der Waals surface area contributed by atoms with E-state index in [2.05, 4.69) is 15.5 Å². The van der Waals surface area contributed by atoms with Gasteiger partial charge in [0.05, 0.1) is 5.54 Å². The number of nitrogens with one attached hydrogen (secondary N) is 1. The molecule has 0 amide bonds. The number of aliphatic hydroxyl groups excluding tert-OH is 1. The van der Waals surface area contributed by atoms with Gasteiger partial charge in [-0.3, -0.25) is 5.03 Å². The summed E-state index contributed by atoms with van der Waals surface area (Å²) in [6.07, 6.45) is -6.75. The third kappa shape index (κ3) is 4.49. The third-order valence-corrected chi connectivity index (χ3v) is 3.57. The average molecular weight is 347 g/mol. The van der Waals surface area contributed by atoms with Crippen LogP contribution in [0, 0.1) is 5.82 Å². The second-order valence-electron chi connectivity index (χ2n) is 4.89. The average Bonchev–Trinajstić information content (AvgIpc) is 2.48. The second-order valence-corrected chi connectivity index (χ2v) is 5.28. The van der Waals surface area contributed by atoms with Crippen molar-refractivity contribution < 1.29 is 23.0 Å². The Labute approximate surface area is 138 Å². The van der Waals surface area contributed by atoms with Crippen LogP contribution < -0.4 is 5.32 Å². The highest BCUT2D eigenvalue weighted by Crippen LogP contribution is 2.32. The van der Waals surface area contributed by atoms with E-state index >= 15 is 0 Å². The quantitative estimate of drug-likeness (QED) is 0.466. The standard InChI is InChI=1S/C13H17BF3N3O2S/c1-13(18-12(23)19-20-14,7-5-3-4-6-8(7)15)10(22-2)9(21)11(16)17/h3-6,9-11,21H,14H2,1-2H3,(H,18,23)/t9-,10-,13+/m0/s1. The fraction of sp³-hybridized carbons (Fsp3) is 0.462. The van der Waals surface area contributed by atoms with E-state index in [-0.39, 0.29) is 10.7 Å². The summed E-state index contributed by atoms with van der Waals surface area (Å²) < 4.78 is 45.2. The van der Waals surface area contributed by atoms with Crippen molar-refractivity contribution in [2.75, 3.05) is 7.11 Å². The molecule has 0 heterocycles. The molecule has 5 nitrogen and oxygen atoms in total. The summed E-state index contributed by atoms with van der Waals surface area (Å²) in [7, 11) is 2.51. The molecule has 0 aliphatic heterocycles. The molecular weight excluding hydrogens is 330 g/mol. The number of benzene rings is 1. The van der Waals surface area contributed by atoms with Gasteiger partial charge in [-0.15, -0.1) is 5.11 Å². The SMILES string of the molecule is BN=NC(=S)N[C@](C)(c1ccccc1F)[C@@H](OC)[C@H](O)C(F)F. The van der Waals surface area contributed by atoms with Gasteiger partial charge in [-0.1, -0.05) is 18.2 Å². The lowest BCUT2D eigenvalue weighted by Gasteiger charge is -2.40. The van der Waals surface area contributed by atoms with Crippen molar-refractivity contribution in [3.8, 4) is 0 Å². The minimum atomic E-state index is -3.09. The number of thiocarbonyl (C=S) groups is 1. The highest BCUT2D eigenvalue weighted by atomic mass is 32.1. The van der Waals surface area contributed by atoms with Crippen LogP contribution in [0.3, 0.4) is 0 Å². The Kier molecular flexibility index (Phi) is 7.11. The molecule has 0 spiro atoms. The van der Waals surface area contributed by atoms with Crippen LogP contribution in [-0.2, 0) is 10.3 Å². The van der Waals surface area contributed by atoms with E-state index in [0.717, 1.165) is 7.11 Å². The monoisotopic (exact) mass is 347 g/mol. The Morgan fingerprint density at radius 2 is 2.04 bits per heavy atom. The summed E-state index contributed by atoms with van der Waals surface area (Å²) >= 11 is 4.95. The van der Waals surface area contributed by atoms with E-state index in [9.17, 15) is 18.3 Å². The second kappa shape index (κ2) is 8.37. The van der Waals surface area contributed by atoms with Gasteiger partial charge in [0.25, 0.3) is 14.4 Å². The maximum atomic E-state index is 14.2. The van der Waals surface area contributed by atoms with Gasteiger partial charge in [0.15, 0.2) is 0 Å². The molecule has 0 aromatic heterocycles. The number of nitrogens with zero attached hydrogens (tertiary/aromatic N) is 2. The number of aliphatic hydroxyl groups is 1. The summed E-state index contributed by atoms with van der Waals surface area (Å²) in [4.78, 5) is 0. The van der Waals surface area contributed by atoms with E-state index in [1.165, 1.54) is 39.2 Å². The lowest BCUT2D eigenvalue weighted by molar-refractivity contribution is -0.119. The summed E-state index contributed by atoms with van der Waals surface area (Å²) in [6.45, 7) is 1.39. The van der Waals surface area contributed by atoms with Crippen LogP contribution in [0.5, 0.6) is 0 Å². The first-order valence-electron chi connectivity index (χ1n) is 6.64. The lowest BCUT2D eigenvalue weighted by atomic mass is 9.83. The van der Waals surface area contributed by atoms with Crippen LogP contribution >= 0.6 is 12.2 Å². The first-order valence-corrected chi connectivity index (χ1v) is 7.04. The van der Waals surface area contributed by atoms with Gasteiger partial charge in [-0.05, 0) is 25.2 Å². The first-order chi connectivity index (χ1) is 10.8. The van der Waals surface area contributed by atoms with Crippen molar-refractivity contribution in [1.82, 2.24) is 5.32 Å². The highest BCUT2D eigenvalue weighted by molar-refractivity contribution is 7.80. The van der Waals surface area contributed by atoms with Gasteiger partial charge in [-0.2, -0.15) is 0 Å². The topological polar surface area (TPSA) is 66.2 Å². The van der Waals surface area contributed by atoms with Gasteiger partial charge < -0.3 is 15.2 Å². The molecule has 0 saturated carbocycles. The zero-order valence-corrected chi connectivity index (χ0v) is 13.6. The van der Waals surface area contributed by atoms with Crippen molar-refractivity contribution >= 4 is 25.3 Å². The molecule has 0 aliphatic carbocycles. The lowest BCUT2D eigenvalue weighted by Crippen LogP contribution is -2.58. The smallest absolute Gasteiger partial charge is 0.274 e. The largest absolute Gasteiger partial charge is 0.384 e. The molecule has 1 rings (SSSR count). The molecule has 3 atom stereocenters. The number of hydrogen-bond acceptors (Lipinski definition) is 4. The van der Waals surface area contributed by atoms with Gasteiger partial charge >= 0.3 is 0 Å². The minimum absolute atomic E-state index is 0.000188. The van der Waals surface area contributed by atoms with Gasteiger partial charge in [0, 0.05) is 12.7 Å². The zero-order chi connectivity index (χ0) is 17.6. The van der Waals surface area contributed by atoms with Crippen LogP contribution in [0.15, 0.2) is 34.4 Å². The van der Waals surface area contributed by atoms with Crippen LogP contribution in [0.25, 0.3) is 0 Å². The molecule has 0 fully saturated rings. The fourth-order valence-corrected chi connectivity index (χ4v) is 2.65. The number of methoxy groups -OCH3 is 1. The van der Waals surface area contributed by atoms with E-state index in [1.54, 1.807) is 0 Å². The third-order valence-electron chi connectivity index (χ3n) is 3.38. The molecule has 10 heteroatoms. The van der Waals surface area contributed by atoms with Gasteiger partial charge in [0.1, 0.15) is 18.0 Å². The molecule has 126 valence electrons. The van der Waals surface area contributed by atoms with Crippen molar-refractivity contribution in [2.45, 2.75) is 31.1 Å². The van der Waals surface area contributed by atoms with Crippen LogP contribution in [0.1, 0.15) is 12.5 Å². The number of halogens is 3. The van der Waals surface area contributed by atoms with Crippen molar-refractivity contribution in [3.63, 3.8) is 0 Å². The molecule has 0 aliphatic rings. The molecular formula is C13H17BF3N3O2S. The van der Waals surface area contributed by atoms with Gasteiger partial charge in [0.2, 0.25) is 5.11 Å². The Morgan fingerprint density at radius 3 is 2.52 bits per heavy atom.